The largest absolute Gasteiger partial charge is 0.324 e. The van der Waals surface area contributed by atoms with Gasteiger partial charge in [-0.2, -0.15) is 0 Å². The molecule has 1 fully saturated rings. The molecule has 2 aromatic rings. The van der Waals surface area contributed by atoms with Gasteiger partial charge < -0.3 is 5.32 Å². The lowest BCUT2D eigenvalue weighted by Crippen LogP contribution is -2.22. The van der Waals surface area contributed by atoms with Crippen molar-refractivity contribution in [3.63, 3.8) is 0 Å². The van der Waals surface area contributed by atoms with Gasteiger partial charge in [-0.25, -0.2) is 4.98 Å². The Morgan fingerprint density at radius 1 is 1.40 bits per heavy atom. The predicted octanol–water partition coefficient (Wildman–Crippen LogP) is 4.70. The summed E-state index contributed by atoms with van der Waals surface area (Å²) in [5.41, 5.74) is 0.619. The topological polar surface area (TPSA) is 70.7 Å². The van der Waals surface area contributed by atoms with E-state index in [1.54, 1.807) is 12.1 Å². The molecule has 0 aliphatic heterocycles. The summed E-state index contributed by atoms with van der Waals surface area (Å²) in [6.45, 7) is 1.84. The van der Waals surface area contributed by atoms with Gasteiger partial charge in [0.15, 0.2) is 0 Å². The number of amides is 1. The van der Waals surface area contributed by atoms with Gasteiger partial charge in [0.2, 0.25) is 11.1 Å². The number of nitrogens with one attached hydrogen (secondary N) is 2. The van der Waals surface area contributed by atoms with Crippen LogP contribution in [0.2, 0.25) is 5.02 Å². The molecule has 5 nitrogen and oxygen atoms in total. The van der Waals surface area contributed by atoms with Crippen LogP contribution in [0, 0.1) is 5.92 Å². The summed E-state index contributed by atoms with van der Waals surface area (Å²) in [6.07, 6.45) is 7.50. The van der Waals surface area contributed by atoms with Crippen LogP contribution >= 0.6 is 23.4 Å². The number of para-hydroxylation sites is 1. The van der Waals surface area contributed by atoms with Crippen molar-refractivity contribution in [1.82, 2.24) is 15.2 Å². The lowest BCUT2D eigenvalue weighted by atomic mass is 10.0. The molecule has 1 unspecified atom stereocenters. The second kappa shape index (κ2) is 8.72. The molecule has 0 saturated heterocycles. The molecule has 0 spiro atoms. The van der Waals surface area contributed by atoms with Gasteiger partial charge in [-0.3, -0.25) is 9.89 Å². The third kappa shape index (κ3) is 5.22. The molecule has 0 radical (unpaired) electrons. The number of H-pyrrole nitrogens is 1. The van der Waals surface area contributed by atoms with Crippen LogP contribution in [0.5, 0.6) is 0 Å². The predicted molar refractivity (Wildman–Crippen MR) is 102 cm³/mol. The molecular weight excluding hydrogens is 356 g/mol. The highest BCUT2D eigenvalue weighted by atomic mass is 35.5. The van der Waals surface area contributed by atoms with Gasteiger partial charge in [-0.1, -0.05) is 61.2 Å². The van der Waals surface area contributed by atoms with Crippen molar-refractivity contribution in [2.45, 2.75) is 55.9 Å². The molecule has 2 N–H and O–H groups in total. The molecule has 3 rings (SSSR count). The second-order valence-corrected chi connectivity index (χ2v) is 8.20. The number of carbonyl (C=O) groups is 1. The first-order valence-electron chi connectivity index (χ1n) is 8.75. The molecule has 1 amide bonds. The average molecular weight is 379 g/mol. The fourth-order valence-corrected chi connectivity index (χ4v) is 4.02. The monoisotopic (exact) mass is 378 g/mol. The number of nitrogens with zero attached hydrogens (tertiary/aromatic N) is 2. The van der Waals surface area contributed by atoms with Crippen molar-refractivity contribution in [3.05, 3.63) is 35.1 Å². The highest BCUT2D eigenvalue weighted by Crippen LogP contribution is 2.29. The zero-order valence-electron chi connectivity index (χ0n) is 14.3. The minimum atomic E-state index is -0.310. The van der Waals surface area contributed by atoms with E-state index in [4.69, 9.17) is 11.6 Å². The standard InChI is InChI=1S/C18H23ClN4OS/c1-12(17(24)20-15-9-5-4-8-14(15)19)25-18-21-16(22-23-18)11-10-13-6-2-3-7-13/h4-5,8-9,12-13H,2-3,6-7,10-11H2,1H3,(H,20,24)(H,21,22,23). The Balaban J connectivity index is 1.49. The minimum Gasteiger partial charge on any atom is -0.324 e. The van der Waals surface area contributed by atoms with E-state index < -0.39 is 0 Å². The Morgan fingerprint density at radius 2 is 2.16 bits per heavy atom. The van der Waals surface area contributed by atoms with Crippen molar-refractivity contribution in [2.24, 2.45) is 5.92 Å². The molecule has 1 aliphatic carbocycles. The van der Waals surface area contributed by atoms with E-state index in [0.717, 1.165) is 18.2 Å². The Labute approximate surface area is 157 Å². The van der Waals surface area contributed by atoms with Crippen molar-refractivity contribution < 1.29 is 4.79 Å². The van der Waals surface area contributed by atoms with Crippen LogP contribution in [0.1, 0.15) is 44.9 Å². The summed E-state index contributed by atoms with van der Waals surface area (Å²) in [5, 5.41) is 10.9. The average Bonchev–Trinajstić information content (AvgIpc) is 3.26. The van der Waals surface area contributed by atoms with Crippen LogP contribution in [0.4, 0.5) is 5.69 Å². The molecule has 1 aromatic heterocycles. The molecule has 1 saturated carbocycles. The van der Waals surface area contributed by atoms with Gasteiger partial charge in [0.1, 0.15) is 5.82 Å². The van der Waals surface area contributed by atoms with E-state index in [2.05, 4.69) is 20.5 Å². The smallest absolute Gasteiger partial charge is 0.237 e. The van der Waals surface area contributed by atoms with Crippen LogP contribution in [0.15, 0.2) is 29.4 Å². The van der Waals surface area contributed by atoms with Gasteiger partial charge in [0, 0.05) is 6.42 Å². The first-order valence-corrected chi connectivity index (χ1v) is 10.0. The van der Waals surface area contributed by atoms with Crippen LogP contribution < -0.4 is 5.32 Å². The number of carbonyl (C=O) groups excluding carboxylic acids is 1. The summed E-state index contributed by atoms with van der Waals surface area (Å²) >= 11 is 7.42. The number of hydrogen-bond acceptors (Lipinski definition) is 4. The van der Waals surface area contributed by atoms with E-state index in [-0.39, 0.29) is 11.2 Å². The van der Waals surface area contributed by atoms with Gasteiger partial charge in [0.05, 0.1) is 16.0 Å². The van der Waals surface area contributed by atoms with Crippen LogP contribution in [-0.2, 0) is 11.2 Å². The number of aromatic amines is 1. The van der Waals surface area contributed by atoms with E-state index in [0.29, 0.717) is 15.9 Å². The number of halogens is 1. The number of hydrogen-bond donors (Lipinski definition) is 2. The molecule has 0 bridgehead atoms. The molecular formula is C18H23ClN4OS. The maximum Gasteiger partial charge on any atom is 0.237 e. The fraction of sp³-hybridized carbons (Fsp3) is 0.500. The number of benzene rings is 1. The highest BCUT2D eigenvalue weighted by molar-refractivity contribution is 8.00. The minimum absolute atomic E-state index is 0.115. The quantitative estimate of drug-likeness (QED) is 0.685. The van der Waals surface area contributed by atoms with Crippen LogP contribution in [0.3, 0.4) is 0 Å². The van der Waals surface area contributed by atoms with Gasteiger partial charge >= 0.3 is 0 Å². The zero-order chi connectivity index (χ0) is 17.6. The lowest BCUT2D eigenvalue weighted by molar-refractivity contribution is -0.115. The summed E-state index contributed by atoms with van der Waals surface area (Å²) in [4.78, 5) is 16.8. The molecule has 1 aliphatic rings. The summed E-state index contributed by atoms with van der Waals surface area (Å²) in [7, 11) is 0. The maximum absolute atomic E-state index is 12.3. The van der Waals surface area contributed by atoms with E-state index in [1.807, 2.05) is 19.1 Å². The zero-order valence-corrected chi connectivity index (χ0v) is 15.9. The van der Waals surface area contributed by atoms with Gasteiger partial charge in [-0.05, 0) is 31.4 Å². The number of aromatic nitrogens is 3. The summed E-state index contributed by atoms with van der Waals surface area (Å²) in [5.74, 6) is 1.63. The Hall–Kier alpha value is -1.53. The fourth-order valence-electron chi connectivity index (χ4n) is 3.09. The van der Waals surface area contributed by atoms with Crippen LogP contribution in [-0.4, -0.2) is 26.3 Å². The Morgan fingerprint density at radius 3 is 2.92 bits per heavy atom. The SMILES string of the molecule is CC(Sc1n[nH]c(CCC2CCCC2)n1)C(=O)Nc1ccccc1Cl. The maximum atomic E-state index is 12.3. The van der Waals surface area contributed by atoms with E-state index in [9.17, 15) is 4.79 Å². The van der Waals surface area contributed by atoms with Crippen molar-refractivity contribution in [2.75, 3.05) is 5.32 Å². The molecule has 1 aromatic carbocycles. The van der Waals surface area contributed by atoms with Gasteiger partial charge in [0.25, 0.3) is 0 Å². The molecule has 1 atom stereocenters. The first kappa shape index (κ1) is 18.3. The Kier molecular flexibility index (Phi) is 6.37. The van der Waals surface area contributed by atoms with Crippen molar-refractivity contribution in [1.29, 1.82) is 0 Å². The molecule has 134 valence electrons. The first-order chi connectivity index (χ1) is 12.1. The van der Waals surface area contributed by atoms with E-state index in [1.165, 1.54) is 43.9 Å². The Bertz CT molecular complexity index is 715. The van der Waals surface area contributed by atoms with E-state index >= 15 is 0 Å². The number of aryl methyl sites for hydroxylation is 1. The van der Waals surface area contributed by atoms with Crippen LogP contribution in [0.25, 0.3) is 0 Å². The second-order valence-electron chi connectivity index (χ2n) is 6.48. The van der Waals surface area contributed by atoms with Crippen molar-refractivity contribution >= 4 is 35.0 Å². The summed E-state index contributed by atoms with van der Waals surface area (Å²) < 4.78 is 0. The molecule has 7 heteroatoms. The van der Waals surface area contributed by atoms with Gasteiger partial charge in [-0.15, -0.1) is 5.10 Å². The third-order valence-corrected chi connectivity index (χ3v) is 5.85. The van der Waals surface area contributed by atoms with Crippen molar-refractivity contribution in [3.8, 4) is 0 Å². The molecule has 1 heterocycles. The number of anilines is 1. The lowest BCUT2D eigenvalue weighted by Gasteiger charge is -2.11. The summed E-state index contributed by atoms with van der Waals surface area (Å²) in [6, 6.07) is 7.20. The number of rotatable bonds is 7. The third-order valence-electron chi connectivity index (χ3n) is 4.56. The number of thioether (sulfide) groups is 1. The normalized spacial score (nSPS) is 16.1. The highest BCUT2D eigenvalue weighted by Gasteiger charge is 2.19. The molecule has 25 heavy (non-hydrogen) atoms.